The highest BCUT2D eigenvalue weighted by Crippen LogP contribution is 2.34. The first-order valence-corrected chi connectivity index (χ1v) is 7.40. The molecular formula is C15H14BrN3O2. The molecule has 5 nitrogen and oxygen atoms in total. The molecule has 1 heterocycles. The SMILES string of the molecule is Nc1cccc2c1CN(c1ccc([N+](=O)[O-])cc1Br)CC2. The van der Waals surface area contributed by atoms with Crippen molar-refractivity contribution >= 4 is 33.0 Å². The van der Waals surface area contributed by atoms with Crippen LogP contribution in [0.1, 0.15) is 11.1 Å². The third-order valence-corrected chi connectivity index (χ3v) is 4.43. The second-order valence-electron chi connectivity index (χ2n) is 5.05. The second-order valence-corrected chi connectivity index (χ2v) is 5.90. The Morgan fingerprint density at radius 2 is 2.10 bits per heavy atom. The van der Waals surface area contributed by atoms with Crippen LogP contribution in [0, 0.1) is 10.1 Å². The fourth-order valence-electron chi connectivity index (χ4n) is 2.68. The minimum absolute atomic E-state index is 0.0857. The van der Waals surface area contributed by atoms with Crippen molar-refractivity contribution in [2.45, 2.75) is 13.0 Å². The van der Waals surface area contributed by atoms with Crippen LogP contribution in [0.25, 0.3) is 0 Å². The molecule has 0 radical (unpaired) electrons. The molecule has 0 atom stereocenters. The van der Waals surface area contributed by atoms with Gasteiger partial charge in [0.05, 0.1) is 10.6 Å². The number of hydrogen-bond acceptors (Lipinski definition) is 4. The summed E-state index contributed by atoms with van der Waals surface area (Å²) >= 11 is 3.43. The highest BCUT2D eigenvalue weighted by atomic mass is 79.9. The minimum Gasteiger partial charge on any atom is -0.398 e. The highest BCUT2D eigenvalue weighted by molar-refractivity contribution is 9.10. The van der Waals surface area contributed by atoms with Crippen LogP contribution in [0.15, 0.2) is 40.9 Å². The molecule has 2 aromatic rings. The standard InChI is InChI=1S/C15H14BrN3O2/c16-13-8-11(19(20)21)4-5-15(13)18-7-6-10-2-1-3-14(17)12(10)9-18/h1-5,8H,6-7,9,17H2. The smallest absolute Gasteiger partial charge is 0.270 e. The lowest BCUT2D eigenvalue weighted by molar-refractivity contribution is -0.384. The summed E-state index contributed by atoms with van der Waals surface area (Å²) in [6.45, 7) is 1.59. The van der Waals surface area contributed by atoms with Crippen molar-refractivity contribution < 1.29 is 4.92 Å². The minimum atomic E-state index is -0.391. The van der Waals surface area contributed by atoms with Crippen molar-refractivity contribution in [3.05, 3.63) is 62.1 Å². The van der Waals surface area contributed by atoms with Crippen molar-refractivity contribution in [1.29, 1.82) is 0 Å². The van der Waals surface area contributed by atoms with Crippen molar-refractivity contribution in [1.82, 2.24) is 0 Å². The first kappa shape index (κ1) is 13.9. The lowest BCUT2D eigenvalue weighted by atomic mass is 9.98. The summed E-state index contributed by atoms with van der Waals surface area (Å²) in [5.41, 5.74) is 10.3. The van der Waals surface area contributed by atoms with E-state index < -0.39 is 4.92 Å². The average Bonchev–Trinajstić information content (AvgIpc) is 2.47. The van der Waals surface area contributed by atoms with Crippen molar-refractivity contribution in [3.63, 3.8) is 0 Å². The molecule has 21 heavy (non-hydrogen) atoms. The maximum atomic E-state index is 10.8. The fraction of sp³-hybridized carbons (Fsp3) is 0.200. The van der Waals surface area contributed by atoms with E-state index in [1.807, 2.05) is 12.1 Å². The molecule has 0 aliphatic carbocycles. The zero-order chi connectivity index (χ0) is 15.0. The average molecular weight is 348 g/mol. The van der Waals surface area contributed by atoms with Gasteiger partial charge in [0.25, 0.3) is 5.69 Å². The quantitative estimate of drug-likeness (QED) is 0.512. The van der Waals surface area contributed by atoms with Gasteiger partial charge in [0, 0.05) is 35.4 Å². The molecule has 0 aromatic heterocycles. The molecule has 0 fully saturated rings. The number of fused-ring (bicyclic) bond motifs is 1. The molecule has 0 spiro atoms. The number of nitrogens with two attached hydrogens (primary N) is 1. The van der Waals surface area contributed by atoms with E-state index in [-0.39, 0.29) is 5.69 Å². The molecule has 0 saturated carbocycles. The number of nitro benzene ring substituents is 1. The summed E-state index contributed by atoms with van der Waals surface area (Å²) < 4.78 is 0.731. The summed E-state index contributed by atoms with van der Waals surface area (Å²) in [6, 6.07) is 10.8. The van der Waals surface area contributed by atoms with Gasteiger partial charge in [0.15, 0.2) is 0 Å². The molecular weight excluding hydrogens is 334 g/mol. The first-order chi connectivity index (χ1) is 10.1. The van der Waals surface area contributed by atoms with E-state index in [2.05, 4.69) is 26.9 Å². The Labute approximate surface area is 130 Å². The highest BCUT2D eigenvalue weighted by Gasteiger charge is 2.21. The van der Waals surface area contributed by atoms with Crippen LogP contribution >= 0.6 is 15.9 Å². The number of halogens is 1. The van der Waals surface area contributed by atoms with Gasteiger partial charge in [-0.25, -0.2) is 0 Å². The number of nitrogens with zero attached hydrogens (tertiary/aromatic N) is 2. The Morgan fingerprint density at radius 1 is 1.29 bits per heavy atom. The monoisotopic (exact) mass is 347 g/mol. The number of non-ortho nitro benzene ring substituents is 1. The van der Waals surface area contributed by atoms with E-state index >= 15 is 0 Å². The van der Waals surface area contributed by atoms with Crippen molar-refractivity contribution in [2.75, 3.05) is 17.2 Å². The van der Waals surface area contributed by atoms with Crippen molar-refractivity contribution in [2.24, 2.45) is 0 Å². The summed E-state index contributed by atoms with van der Waals surface area (Å²) in [7, 11) is 0. The van der Waals surface area contributed by atoms with Gasteiger partial charge in [-0.1, -0.05) is 12.1 Å². The van der Waals surface area contributed by atoms with Crippen LogP contribution in [0.2, 0.25) is 0 Å². The maximum absolute atomic E-state index is 10.8. The first-order valence-electron chi connectivity index (χ1n) is 6.61. The molecule has 2 N–H and O–H groups in total. The zero-order valence-corrected chi connectivity index (χ0v) is 12.8. The summed E-state index contributed by atoms with van der Waals surface area (Å²) in [4.78, 5) is 12.6. The Morgan fingerprint density at radius 3 is 2.81 bits per heavy atom. The van der Waals surface area contributed by atoms with E-state index in [0.29, 0.717) is 0 Å². The molecule has 2 aromatic carbocycles. The summed E-state index contributed by atoms with van der Waals surface area (Å²) in [5.74, 6) is 0. The number of benzene rings is 2. The largest absolute Gasteiger partial charge is 0.398 e. The lowest BCUT2D eigenvalue weighted by Gasteiger charge is -2.32. The Kier molecular flexibility index (Phi) is 3.55. The molecule has 0 bridgehead atoms. The molecule has 1 aliphatic heterocycles. The Balaban J connectivity index is 1.93. The van der Waals surface area contributed by atoms with Crippen LogP contribution in [0.3, 0.4) is 0 Å². The van der Waals surface area contributed by atoms with Crippen LogP contribution in [-0.4, -0.2) is 11.5 Å². The Hall–Kier alpha value is -2.08. The van der Waals surface area contributed by atoms with Gasteiger partial charge in [-0.2, -0.15) is 0 Å². The Bertz CT molecular complexity index is 718. The predicted molar refractivity (Wildman–Crippen MR) is 86.4 cm³/mol. The van der Waals surface area contributed by atoms with Gasteiger partial charge in [-0.05, 0) is 45.6 Å². The molecule has 6 heteroatoms. The van der Waals surface area contributed by atoms with Gasteiger partial charge in [-0.15, -0.1) is 0 Å². The van der Waals surface area contributed by atoms with Crippen LogP contribution in [0.4, 0.5) is 17.1 Å². The van der Waals surface area contributed by atoms with Crippen molar-refractivity contribution in [3.8, 4) is 0 Å². The number of nitrogen functional groups attached to an aromatic ring is 1. The van der Waals surface area contributed by atoms with E-state index in [0.717, 1.165) is 40.9 Å². The van der Waals surface area contributed by atoms with E-state index in [1.165, 1.54) is 11.6 Å². The van der Waals surface area contributed by atoms with Gasteiger partial charge in [0.2, 0.25) is 0 Å². The number of hydrogen-bond donors (Lipinski definition) is 1. The van der Waals surface area contributed by atoms with E-state index in [4.69, 9.17) is 5.73 Å². The molecule has 1 aliphatic rings. The topological polar surface area (TPSA) is 72.4 Å². The summed E-state index contributed by atoms with van der Waals surface area (Å²) in [5, 5.41) is 10.8. The lowest BCUT2D eigenvalue weighted by Crippen LogP contribution is -2.31. The zero-order valence-electron chi connectivity index (χ0n) is 11.3. The van der Waals surface area contributed by atoms with Crippen LogP contribution < -0.4 is 10.6 Å². The van der Waals surface area contributed by atoms with Gasteiger partial charge < -0.3 is 10.6 Å². The van der Waals surface area contributed by atoms with Crippen LogP contribution in [0.5, 0.6) is 0 Å². The third kappa shape index (κ3) is 2.58. The van der Waals surface area contributed by atoms with Gasteiger partial charge in [0.1, 0.15) is 0 Å². The molecule has 0 saturated heterocycles. The number of rotatable bonds is 2. The normalized spacial score (nSPS) is 13.9. The fourth-order valence-corrected chi connectivity index (χ4v) is 3.30. The van der Waals surface area contributed by atoms with Crippen LogP contribution in [-0.2, 0) is 13.0 Å². The third-order valence-electron chi connectivity index (χ3n) is 3.79. The maximum Gasteiger partial charge on any atom is 0.270 e. The predicted octanol–water partition coefficient (Wildman–Crippen LogP) is 3.50. The van der Waals surface area contributed by atoms with Gasteiger partial charge >= 0.3 is 0 Å². The summed E-state index contributed by atoms with van der Waals surface area (Å²) in [6.07, 6.45) is 0.920. The number of nitro groups is 1. The molecule has 0 unspecified atom stereocenters. The second kappa shape index (κ2) is 5.37. The molecule has 108 valence electrons. The molecule has 3 rings (SSSR count). The van der Waals surface area contributed by atoms with Gasteiger partial charge in [-0.3, -0.25) is 10.1 Å². The van der Waals surface area contributed by atoms with E-state index in [1.54, 1.807) is 12.1 Å². The number of anilines is 2. The molecule has 0 amide bonds. The van der Waals surface area contributed by atoms with E-state index in [9.17, 15) is 10.1 Å².